The SMILES string of the molecule is C[C@H](NC(=O)c1ccc(-c2cncc(C(=O)NCCN(C)C)c2)cc1)C(=O)Nc1ccc(Cl)c(C(F)(F)F)c1. The van der Waals surface area contributed by atoms with Crippen LogP contribution in [0.5, 0.6) is 0 Å². The van der Waals surface area contributed by atoms with Crippen LogP contribution in [0.3, 0.4) is 0 Å². The highest BCUT2D eigenvalue weighted by molar-refractivity contribution is 6.31. The van der Waals surface area contributed by atoms with E-state index in [0.29, 0.717) is 24.2 Å². The molecule has 3 rings (SSSR count). The zero-order chi connectivity index (χ0) is 28.7. The summed E-state index contributed by atoms with van der Waals surface area (Å²) in [7, 11) is 3.82. The molecule has 0 bridgehead atoms. The van der Waals surface area contributed by atoms with Crippen molar-refractivity contribution < 1.29 is 27.6 Å². The number of carbonyl (C=O) groups is 3. The number of rotatable bonds is 9. The number of nitrogens with one attached hydrogen (secondary N) is 3. The summed E-state index contributed by atoms with van der Waals surface area (Å²) in [4.78, 5) is 43.6. The third-order valence-corrected chi connectivity index (χ3v) is 5.94. The molecular weight excluding hydrogens is 535 g/mol. The van der Waals surface area contributed by atoms with Gasteiger partial charge in [0.15, 0.2) is 0 Å². The predicted octanol–water partition coefficient (Wildman–Crippen LogP) is 4.47. The van der Waals surface area contributed by atoms with Crippen molar-refractivity contribution in [2.24, 2.45) is 0 Å². The third-order valence-electron chi connectivity index (χ3n) is 5.61. The maximum absolute atomic E-state index is 13.1. The van der Waals surface area contributed by atoms with Gasteiger partial charge in [-0.05, 0) is 63.0 Å². The van der Waals surface area contributed by atoms with Crippen molar-refractivity contribution in [1.82, 2.24) is 20.5 Å². The molecule has 0 aliphatic heterocycles. The van der Waals surface area contributed by atoms with Crippen LogP contribution in [0.1, 0.15) is 33.2 Å². The summed E-state index contributed by atoms with van der Waals surface area (Å²) in [6.07, 6.45) is -1.62. The van der Waals surface area contributed by atoms with E-state index in [-0.39, 0.29) is 17.2 Å². The van der Waals surface area contributed by atoms with Gasteiger partial charge in [-0.1, -0.05) is 23.7 Å². The van der Waals surface area contributed by atoms with Crippen LogP contribution in [0.15, 0.2) is 60.9 Å². The molecule has 0 unspecified atom stereocenters. The smallest absolute Gasteiger partial charge is 0.351 e. The largest absolute Gasteiger partial charge is 0.417 e. The number of likely N-dealkylation sites (N-methyl/N-ethyl adjacent to an activating group) is 1. The number of anilines is 1. The lowest BCUT2D eigenvalue weighted by Crippen LogP contribution is -2.41. The van der Waals surface area contributed by atoms with Gasteiger partial charge in [0.05, 0.1) is 16.1 Å². The van der Waals surface area contributed by atoms with Crippen LogP contribution in [0.25, 0.3) is 11.1 Å². The normalized spacial score (nSPS) is 12.1. The number of aromatic nitrogens is 1. The van der Waals surface area contributed by atoms with Crippen molar-refractivity contribution in [3.05, 3.63) is 82.6 Å². The van der Waals surface area contributed by atoms with Crippen molar-refractivity contribution >= 4 is 35.0 Å². The van der Waals surface area contributed by atoms with E-state index < -0.39 is 34.6 Å². The Hall–Kier alpha value is -3.96. The van der Waals surface area contributed by atoms with E-state index in [1.807, 2.05) is 19.0 Å². The summed E-state index contributed by atoms with van der Waals surface area (Å²) in [5, 5.41) is 7.20. The summed E-state index contributed by atoms with van der Waals surface area (Å²) >= 11 is 5.60. The third kappa shape index (κ3) is 8.26. The van der Waals surface area contributed by atoms with Crippen LogP contribution in [0.2, 0.25) is 5.02 Å². The molecule has 12 heteroatoms. The summed E-state index contributed by atoms with van der Waals surface area (Å²) < 4.78 is 39.2. The first-order valence-corrected chi connectivity index (χ1v) is 12.2. The molecule has 0 aliphatic carbocycles. The highest BCUT2D eigenvalue weighted by Crippen LogP contribution is 2.36. The topological polar surface area (TPSA) is 103 Å². The van der Waals surface area contributed by atoms with E-state index in [9.17, 15) is 27.6 Å². The van der Waals surface area contributed by atoms with Crippen LogP contribution in [0.4, 0.5) is 18.9 Å². The Morgan fingerprint density at radius 2 is 1.64 bits per heavy atom. The molecule has 3 amide bonds. The number of nitrogens with zero attached hydrogens (tertiary/aromatic N) is 2. The Balaban J connectivity index is 1.62. The van der Waals surface area contributed by atoms with Gasteiger partial charge in [-0.3, -0.25) is 19.4 Å². The Bertz CT molecular complexity index is 1350. The highest BCUT2D eigenvalue weighted by Gasteiger charge is 2.33. The van der Waals surface area contributed by atoms with Crippen LogP contribution in [-0.2, 0) is 11.0 Å². The molecule has 3 aromatic rings. The van der Waals surface area contributed by atoms with E-state index >= 15 is 0 Å². The Kier molecular flexibility index (Phi) is 9.66. The zero-order valence-electron chi connectivity index (χ0n) is 21.4. The number of alkyl halides is 3. The van der Waals surface area contributed by atoms with E-state index in [2.05, 4.69) is 20.9 Å². The van der Waals surface area contributed by atoms with E-state index in [0.717, 1.165) is 17.7 Å². The molecule has 1 atom stereocenters. The van der Waals surface area contributed by atoms with Crippen molar-refractivity contribution in [1.29, 1.82) is 0 Å². The molecule has 0 aliphatic rings. The molecule has 1 aromatic heterocycles. The second-order valence-electron chi connectivity index (χ2n) is 8.98. The van der Waals surface area contributed by atoms with Gasteiger partial charge in [-0.2, -0.15) is 13.2 Å². The first-order valence-electron chi connectivity index (χ1n) is 11.8. The molecule has 0 spiro atoms. The van der Waals surface area contributed by atoms with Gasteiger partial charge in [-0.25, -0.2) is 0 Å². The van der Waals surface area contributed by atoms with Gasteiger partial charge in [0.2, 0.25) is 5.91 Å². The number of carbonyl (C=O) groups excluding carboxylic acids is 3. The molecule has 8 nitrogen and oxygen atoms in total. The fourth-order valence-corrected chi connectivity index (χ4v) is 3.67. The number of halogens is 4. The summed E-state index contributed by atoms with van der Waals surface area (Å²) in [6, 6.07) is 10.1. The summed E-state index contributed by atoms with van der Waals surface area (Å²) in [5.74, 6) is -1.51. The van der Waals surface area contributed by atoms with Crippen molar-refractivity contribution in [3.8, 4) is 11.1 Å². The lowest BCUT2D eigenvalue weighted by molar-refractivity contribution is -0.137. The van der Waals surface area contributed by atoms with Crippen LogP contribution < -0.4 is 16.0 Å². The molecule has 1 heterocycles. The van der Waals surface area contributed by atoms with Gasteiger partial charge in [0, 0.05) is 42.3 Å². The quantitative estimate of drug-likeness (QED) is 0.358. The average molecular weight is 562 g/mol. The minimum Gasteiger partial charge on any atom is -0.351 e. The maximum atomic E-state index is 13.1. The molecule has 0 fully saturated rings. The highest BCUT2D eigenvalue weighted by atomic mass is 35.5. The van der Waals surface area contributed by atoms with Crippen molar-refractivity contribution in [3.63, 3.8) is 0 Å². The number of pyridine rings is 1. The number of hydrogen-bond acceptors (Lipinski definition) is 5. The van der Waals surface area contributed by atoms with Crippen molar-refractivity contribution in [2.75, 3.05) is 32.5 Å². The molecule has 0 saturated heterocycles. The Labute approximate surface area is 228 Å². The molecule has 2 aromatic carbocycles. The second kappa shape index (κ2) is 12.7. The number of amides is 3. The fraction of sp³-hybridized carbons (Fsp3) is 0.259. The number of benzene rings is 2. The monoisotopic (exact) mass is 561 g/mol. The lowest BCUT2D eigenvalue weighted by Gasteiger charge is -2.16. The molecule has 206 valence electrons. The minimum atomic E-state index is -4.68. The van der Waals surface area contributed by atoms with Crippen molar-refractivity contribution in [2.45, 2.75) is 19.1 Å². The van der Waals surface area contributed by atoms with Gasteiger partial charge < -0.3 is 20.9 Å². The van der Waals surface area contributed by atoms with Gasteiger partial charge >= 0.3 is 6.18 Å². The molecule has 39 heavy (non-hydrogen) atoms. The standard InChI is InChI=1S/C27H27ClF3N5O3/c1-16(24(37)35-21-8-9-23(28)22(13-21)27(29,30)31)34-26(39)18-6-4-17(5-7-18)19-12-20(15-32-14-19)25(38)33-10-11-36(2)3/h4-9,12-16H,10-11H2,1-3H3,(H,33,38)(H,34,39)(H,35,37)/t16-/m0/s1. The number of hydrogen-bond donors (Lipinski definition) is 3. The first kappa shape index (κ1) is 29.6. The van der Waals surface area contributed by atoms with Crippen LogP contribution >= 0.6 is 11.6 Å². The van der Waals surface area contributed by atoms with Gasteiger partial charge in [-0.15, -0.1) is 0 Å². The Morgan fingerprint density at radius 1 is 0.949 bits per heavy atom. The molecule has 0 radical (unpaired) electrons. The second-order valence-corrected chi connectivity index (χ2v) is 9.38. The molecule has 3 N–H and O–H groups in total. The zero-order valence-corrected chi connectivity index (χ0v) is 22.2. The fourth-order valence-electron chi connectivity index (χ4n) is 3.45. The van der Waals surface area contributed by atoms with E-state index in [1.54, 1.807) is 36.5 Å². The van der Waals surface area contributed by atoms with Crippen LogP contribution in [0, 0.1) is 0 Å². The minimum absolute atomic E-state index is 0.107. The molecular formula is C27H27ClF3N5O3. The predicted molar refractivity (Wildman–Crippen MR) is 143 cm³/mol. The lowest BCUT2D eigenvalue weighted by atomic mass is 10.0. The summed E-state index contributed by atoms with van der Waals surface area (Å²) in [5.41, 5.74) is 0.867. The van der Waals surface area contributed by atoms with E-state index in [1.165, 1.54) is 19.2 Å². The first-order chi connectivity index (χ1) is 18.3. The van der Waals surface area contributed by atoms with Gasteiger partial charge in [0.25, 0.3) is 11.8 Å². The maximum Gasteiger partial charge on any atom is 0.417 e. The van der Waals surface area contributed by atoms with Crippen LogP contribution in [-0.4, -0.2) is 60.8 Å². The Morgan fingerprint density at radius 3 is 2.28 bits per heavy atom. The molecule has 0 saturated carbocycles. The summed E-state index contributed by atoms with van der Waals surface area (Å²) in [6.45, 7) is 2.59. The van der Waals surface area contributed by atoms with E-state index in [4.69, 9.17) is 11.6 Å². The average Bonchev–Trinajstić information content (AvgIpc) is 2.89. The van der Waals surface area contributed by atoms with Gasteiger partial charge in [0.1, 0.15) is 6.04 Å².